The average molecular weight is 196 g/mol. The Labute approximate surface area is 81.7 Å². The van der Waals surface area contributed by atoms with Crippen LogP contribution in [0.2, 0.25) is 0 Å². The zero-order valence-electron chi connectivity index (χ0n) is 8.31. The van der Waals surface area contributed by atoms with E-state index in [-0.39, 0.29) is 11.4 Å². The number of hydrogen-bond acceptors (Lipinski definition) is 4. The summed E-state index contributed by atoms with van der Waals surface area (Å²) in [7, 11) is 3.63. The molecule has 0 aliphatic heterocycles. The Morgan fingerprint density at radius 3 is 2.43 bits per heavy atom. The minimum absolute atomic E-state index is 0.256. The lowest BCUT2D eigenvalue weighted by atomic mass is 10.1. The summed E-state index contributed by atoms with van der Waals surface area (Å²) in [5, 5.41) is 19.9. The highest BCUT2D eigenvalue weighted by molar-refractivity contribution is 5.62. The first-order valence-electron chi connectivity index (χ1n) is 4.09. The van der Waals surface area contributed by atoms with Crippen LogP contribution in [0.15, 0.2) is 12.1 Å². The van der Waals surface area contributed by atoms with E-state index in [4.69, 9.17) is 0 Å². The van der Waals surface area contributed by atoms with Gasteiger partial charge in [-0.15, -0.1) is 0 Å². The number of nitro benzene ring substituents is 1. The number of benzene rings is 1. The first-order valence-corrected chi connectivity index (χ1v) is 4.09. The first kappa shape index (κ1) is 10.3. The molecule has 0 bridgehead atoms. The molecule has 5 nitrogen and oxygen atoms in total. The van der Waals surface area contributed by atoms with Crippen LogP contribution in [0, 0.1) is 17.0 Å². The molecule has 1 rings (SSSR count). The molecule has 0 atom stereocenters. The molecule has 0 fully saturated rings. The molecule has 14 heavy (non-hydrogen) atoms. The van der Waals surface area contributed by atoms with E-state index >= 15 is 0 Å². The second-order valence-corrected chi connectivity index (χ2v) is 3.28. The van der Waals surface area contributed by atoms with Crippen LogP contribution in [0.1, 0.15) is 5.56 Å². The molecule has 0 amide bonds. The van der Waals surface area contributed by atoms with Crippen molar-refractivity contribution < 1.29 is 10.0 Å². The zero-order chi connectivity index (χ0) is 10.9. The van der Waals surface area contributed by atoms with Crippen LogP contribution < -0.4 is 4.90 Å². The number of aromatic hydroxyl groups is 1. The lowest BCUT2D eigenvalue weighted by molar-refractivity contribution is -0.385. The van der Waals surface area contributed by atoms with Crippen LogP contribution in [0.3, 0.4) is 0 Å². The molecular weight excluding hydrogens is 184 g/mol. The summed E-state index contributed by atoms with van der Waals surface area (Å²) >= 11 is 0. The summed E-state index contributed by atoms with van der Waals surface area (Å²) in [5.74, 6) is -0.302. The summed E-state index contributed by atoms with van der Waals surface area (Å²) in [4.78, 5) is 11.7. The van der Waals surface area contributed by atoms with Gasteiger partial charge in [0.2, 0.25) is 0 Å². The Bertz CT molecular complexity index is 375. The topological polar surface area (TPSA) is 66.6 Å². The predicted molar refractivity (Wildman–Crippen MR) is 53.8 cm³/mol. The van der Waals surface area contributed by atoms with E-state index in [2.05, 4.69) is 0 Å². The van der Waals surface area contributed by atoms with E-state index in [1.165, 1.54) is 12.1 Å². The van der Waals surface area contributed by atoms with Crippen LogP contribution in [0.5, 0.6) is 5.75 Å². The van der Waals surface area contributed by atoms with Crippen LogP contribution >= 0.6 is 0 Å². The summed E-state index contributed by atoms with van der Waals surface area (Å²) in [6.07, 6.45) is 0. The van der Waals surface area contributed by atoms with Crippen molar-refractivity contribution >= 4 is 11.4 Å². The third kappa shape index (κ3) is 1.76. The maximum Gasteiger partial charge on any atom is 0.311 e. The fraction of sp³-hybridized carbons (Fsp3) is 0.333. The second kappa shape index (κ2) is 3.53. The average Bonchev–Trinajstić information content (AvgIpc) is 2.07. The number of aryl methyl sites for hydroxylation is 1. The van der Waals surface area contributed by atoms with Gasteiger partial charge in [-0.05, 0) is 12.5 Å². The summed E-state index contributed by atoms with van der Waals surface area (Å²) in [5.41, 5.74) is 1.28. The van der Waals surface area contributed by atoms with Crippen LogP contribution in [-0.4, -0.2) is 24.1 Å². The van der Waals surface area contributed by atoms with Gasteiger partial charge in [0.1, 0.15) is 0 Å². The fourth-order valence-corrected chi connectivity index (χ4v) is 1.30. The minimum atomic E-state index is -0.595. The van der Waals surface area contributed by atoms with Crippen molar-refractivity contribution in [3.63, 3.8) is 0 Å². The molecule has 5 heteroatoms. The van der Waals surface area contributed by atoms with Gasteiger partial charge in [0.15, 0.2) is 5.75 Å². The van der Waals surface area contributed by atoms with Crippen molar-refractivity contribution in [3.05, 3.63) is 27.8 Å². The van der Waals surface area contributed by atoms with Gasteiger partial charge < -0.3 is 10.0 Å². The maximum atomic E-state index is 10.5. The molecule has 0 unspecified atom stereocenters. The highest BCUT2D eigenvalue weighted by Crippen LogP contribution is 2.32. The third-order valence-electron chi connectivity index (χ3n) is 1.97. The van der Waals surface area contributed by atoms with Gasteiger partial charge in [-0.3, -0.25) is 10.1 Å². The van der Waals surface area contributed by atoms with Gasteiger partial charge in [0.05, 0.1) is 4.92 Å². The van der Waals surface area contributed by atoms with Crippen molar-refractivity contribution in [2.45, 2.75) is 6.92 Å². The first-order chi connectivity index (χ1) is 6.43. The normalized spacial score (nSPS) is 9.93. The maximum absolute atomic E-state index is 10.5. The lowest BCUT2D eigenvalue weighted by Gasteiger charge is -2.15. The standard InChI is InChI=1S/C9H12N2O3/c1-6-4-8(11(13)14)9(12)5-7(6)10(2)3/h4-5,12H,1-3H3. The zero-order valence-corrected chi connectivity index (χ0v) is 8.31. The van der Waals surface area contributed by atoms with Gasteiger partial charge in [0, 0.05) is 31.9 Å². The summed E-state index contributed by atoms with van der Waals surface area (Å²) < 4.78 is 0. The number of rotatable bonds is 2. The van der Waals surface area contributed by atoms with Crippen molar-refractivity contribution in [1.82, 2.24) is 0 Å². The molecule has 1 aromatic rings. The fourth-order valence-electron chi connectivity index (χ4n) is 1.30. The largest absolute Gasteiger partial charge is 0.502 e. The van der Waals surface area contributed by atoms with Gasteiger partial charge in [0.25, 0.3) is 0 Å². The molecule has 0 aliphatic carbocycles. The number of phenolic OH excluding ortho intramolecular Hbond substituents is 1. The van der Waals surface area contributed by atoms with Crippen molar-refractivity contribution in [2.24, 2.45) is 0 Å². The third-order valence-corrected chi connectivity index (χ3v) is 1.97. The molecule has 0 saturated carbocycles. The van der Waals surface area contributed by atoms with Gasteiger partial charge in [-0.2, -0.15) is 0 Å². The van der Waals surface area contributed by atoms with Crippen LogP contribution in [-0.2, 0) is 0 Å². The molecule has 1 aromatic carbocycles. The molecule has 0 saturated heterocycles. The predicted octanol–water partition coefficient (Wildman–Crippen LogP) is 1.67. The highest BCUT2D eigenvalue weighted by atomic mass is 16.6. The number of hydrogen-bond donors (Lipinski definition) is 1. The Kier molecular flexibility index (Phi) is 2.60. The van der Waals surface area contributed by atoms with Crippen LogP contribution in [0.25, 0.3) is 0 Å². The van der Waals surface area contributed by atoms with Crippen molar-refractivity contribution in [3.8, 4) is 5.75 Å². The summed E-state index contributed by atoms with van der Waals surface area (Å²) in [6.45, 7) is 1.77. The second-order valence-electron chi connectivity index (χ2n) is 3.28. The van der Waals surface area contributed by atoms with Gasteiger partial charge in [-0.1, -0.05) is 0 Å². The van der Waals surface area contributed by atoms with Gasteiger partial charge >= 0.3 is 5.69 Å². The van der Waals surface area contributed by atoms with E-state index in [0.717, 1.165) is 11.3 Å². The smallest absolute Gasteiger partial charge is 0.311 e. The van der Waals surface area contributed by atoms with E-state index in [9.17, 15) is 15.2 Å². The van der Waals surface area contributed by atoms with E-state index < -0.39 is 4.92 Å². The molecule has 1 N–H and O–H groups in total. The molecule has 0 heterocycles. The lowest BCUT2D eigenvalue weighted by Crippen LogP contribution is -2.10. The number of nitrogens with zero attached hydrogens (tertiary/aromatic N) is 2. The Morgan fingerprint density at radius 1 is 1.43 bits per heavy atom. The van der Waals surface area contributed by atoms with E-state index in [1.807, 2.05) is 14.1 Å². The Hall–Kier alpha value is -1.78. The Balaban J connectivity index is 3.31. The molecule has 0 aromatic heterocycles. The van der Waals surface area contributed by atoms with Crippen molar-refractivity contribution in [2.75, 3.05) is 19.0 Å². The van der Waals surface area contributed by atoms with E-state index in [0.29, 0.717) is 0 Å². The van der Waals surface area contributed by atoms with Gasteiger partial charge in [-0.25, -0.2) is 0 Å². The molecule has 76 valence electrons. The number of anilines is 1. The monoisotopic (exact) mass is 196 g/mol. The molecular formula is C9H12N2O3. The molecule has 0 radical (unpaired) electrons. The molecule has 0 aliphatic rings. The quantitative estimate of drug-likeness (QED) is 0.577. The highest BCUT2D eigenvalue weighted by Gasteiger charge is 2.16. The summed E-state index contributed by atoms with van der Waals surface area (Å²) in [6, 6.07) is 2.76. The Morgan fingerprint density at radius 2 is 2.00 bits per heavy atom. The van der Waals surface area contributed by atoms with E-state index in [1.54, 1.807) is 11.8 Å². The number of nitro groups is 1. The van der Waals surface area contributed by atoms with Crippen LogP contribution in [0.4, 0.5) is 11.4 Å². The SMILES string of the molecule is Cc1cc([N+](=O)[O-])c(O)cc1N(C)C. The number of phenols is 1. The molecule has 0 spiro atoms. The minimum Gasteiger partial charge on any atom is -0.502 e. The van der Waals surface area contributed by atoms with Crippen molar-refractivity contribution in [1.29, 1.82) is 0 Å².